The summed E-state index contributed by atoms with van der Waals surface area (Å²) in [6.45, 7) is 7.65. The van der Waals surface area contributed by atoms with Gasteiger partial charge in [-0.05, 0) is 31.9 Å². The summed E-state index contributed by atoms with van der Waals surface area (Å²) in [7, 11) is 2.14. The highest BCUT2D eigenvalue weighted by atomic mass is 16.4. The number of hydrogen-bond donors (Lipinski definition) is 2. The molecule has 4 heteroatoms. The van der Waals surface area contributed by atoms with Crippen LogP contribution in [0.2, 0.25) is 0 Å². The lowest BCUT2D eigenvalue weighted by Crippen LogP contribution is -2.29. The van der Waals surface area contributed by atoms with E-state index in [4.69, 9.17) is 10.9 Å². The first-order valence-electron chi connectivity index (χ1n) is 6.71. The Balaban J connectivity index is 2.62. The van der Waals surface area contributed by atoms with E-state index in [1.165, 1.54) is 12.0 Å². The van der Waals surface area contributed by atoms with E-state index in [9.17, 15) is 0 Å². The average Bonchev–Trinajstić information content (AvgIpc) is 2.37. The van der Waals surface area contributed by atoms with Crippen LogP contribution in [-0.4, -0.2) is 29.0 Å². The first-order chi connectivity index (χ1) is 8.93. The Bertz CT molecular complexity index is 412. The van der Waals surface area contributed by atoms with Gasteiger partial charge in [-0.25, -0.2) is 0 Å². The van der Waals surface area contributed by atoms with Crippen LogP contribution in [0.25, 0.3) is 0 Å². The Kier molecular flexibility index (Phi) is 5.83. The first-order valence-corrected chi connectivity index (χ1v) is 6.71. The molecule has 0 radical (unpaired) electrons. The van der Waals surface area contributed by atoms with Gasteiger partial charge in [-0.1, -0.05) is 43.3 Å². The van der Waals surface area contributed by atoms with Crippen molar-refractivity contribution in [3.8, 4) is 0 Å². The van der Waals surface area contributed by atoms with Gasteiger partial charge in [0.15, 0.2) is 5.84 Å². The van der Waals surface area contributed by atoms with Crippen LogP contribution in [0.5, 0.6) is 0 Å². The zero-order chi connectivity index (χ0) is 14.4. The molecule has 3 N–H and O–H groups in total. The van der Waals surface area contributed by atoms with Gasteiger partial charge in [0.05, 0.1) is 0 Å². The Morgan fingerprint density at radius 3 is 2.32 bits per heavy atom. The fraction of sp³-hybridized carbons (Fsp3) is 0.533. The normalized spacial score (nSPS) is 14.1. The van der Waals surface area contributed by atoms with E-state index in [1.807, 2.05) is 24.3 Å². The van der Waals surface area contributed by atoms with Crippen molar-refractivity contribution in [3.63, 3.8) is 0 Å². The molecular weight excluding hydrogens is 238 g/mol. The molecule has 0 saturated carbocycles. The lowest BCUT2D eigenvalue weighted by atomic mass is 10.0. The number of benzene rings is 1. The number of oxime groups is 1. The van der Waals surface area contributed by atoms with Gasteiger partial charge in [-0.2, -0.15) is 0 Å². The number of hydrogen-bond acceptors (Lipinski definition) is 3. The molecule has 0 heterocycles. The molecule has 0 aliphatic carbocycles. The van der Waals surface area contributed by atoms with Crippen LogP contribution in [0.3, 0.4) is 0 Å². The summed E-state index contributed by atoms with van der Waals surface area (Å²) in [5.41, 5.74) is 7.51. The van der Waals surface area contributed by atoms with E-state index in [0.29, 0.717) is 12.0 Å². The van der Waals surface area contributed by atoms with Crippen molar-refractivity contribution in [1.82, 2.24) is 4.90 Å². The predicted octanol–water partition coefficient (Wildman–Crippen LogP) is 2.65. The molecule has 0 spiro atoms. The van der Waals surface area contributed by atoms with Crippen LogP contribution < -0.4 is 5.73 Å². The minimum Gasteiger partial charge on any atom is -0.409 e. The zero-order valence-electron chi connectivity index (χ0n) is 12.3. The molecule has 0 aliphatic rings. The number of nitrogens with two attached hydrogens (primary N) is 1. The molecule has 0 saturated heterocycles. The molecular formula is C15H25N3O. The van der Waals surface area contributed by atoms with Gasteiger partial charge in [-0.15, -0.1) is 0 Å². The lowest BCUT2D eigenvalue weighted by molar-refractivity contribution is 0.220. The number of amidine groups is 1. The molecule has 106 valence electrons. The Morgan fingerprint density at radius 2 is 1.84 bits per heavy atom. The van der Waals surface area contributed by atoms with Crippen molar-refractivity contribution in [2.45, 2.75) is 39.8 Å². The van der Waals surface area contributed by atoms with Crippen LogP contribution in [-0.2, 0) is 6.54 Å². The van der Waals surface area contributed by atoms with Gasteiger partial charge in [-0.3, -0.25) is 4.90 Å². The van der Waals surface area contributed by atoms with E-state index < -0.39 is 0 Å². The predicted molar refractivity (Wildman–Crippen MR) is 79.3 cm³/mol. The SMILES string of the molecule is CC(C)CC(C)N(C)Cc1ccc(C(N)=NO)cc1. The molecule has 4 nitrogen and oxygen atoms in total. The molecule has 0 aliphatic heterocycles. The minimum absolute atomic E-state index is 0.146. The van der Waals surface area contributed by atoms with Crippen LogP contribution in [0.15, 0.2) is 29.4 Å². The number of rotatable bonds is 6. The largest absolute Gasteiger partial charge is 0.409 e. The third-order valence-corrected chi connectivity index (χ3v) is 3.35. The van der Waals surface area contributed by atoms with E-state index in [1.54, 1.807) is 0 Å². The second-order valence-electron chi connectivity index (χ2n) is 5.58. The maximum absolute atomic E-state index is 8.61. The molecule has 1 atom stereocenters. The highest BCUT2D eigenvalue weighted by molar-refractivity contribution is 5.96. The summed E-state index contributed by atoms with van der Waals surface area (Å²) in [5.74, 6) is 0.855. The topological polar surface area (TPSA) is 61.8 Å². The summed E-state index contributed by atoms with van der Waals surface area (Å²) in [6.07, 6.45) is 1.19. The molecule has 0 fully saturated rings. The average molecular weight is 263 g/mol. The third-order valence-electron chi connectivity index (χ3n) is 3.35. The van der Waals surface area contributed by atoms with Crippen molar-refractivity contribution in [1.29, 1.82) is 0 Å². The second-order valence-corrected chi connectivity index (χ2v) is 5.58. The summed E-state index contributed by atoms with van der Waals surface area (Å²) in [4.78, 5) is 2.35. The van der Waals surface area contributed by atoms with E-state index in [2.05, 4.69) is 37.9 Å². The van der Waals surface area contributed by atoms with Crippen LogP contribution in [0.4, 0.5) is 0 Å². The van der Waals surface area contributed by atoms with Crippen molar-refractivity contribution in [2.75, 3.05) is 7.05 Å². The molecule has 1 aromatic rings. The maximum Gasteiger partial charge on any atom is 0.170 e. The quantitative estimate of drug-likeness (QED) is 0.359. The second kappa shape index (κ2) is 7.14. The van der Waals surface area contributed by atoms with E-state index in [0.717, 1.165) is 12.1 Å². The molecule has 1 aromatic carbocycles. The van der Waals surface area contributed by atoms with Gasteiger partial charge < -0.3 is 10.9 Å². The van der Waals surface area contributed by atoms with Gasteiger partial charge in [0.2, 0.25) is 0 Å². The number of nitrogens with zero attached hydrogens (tertiary/aromatic N) is 2. The Labute approximate surface area is 115 Å². The Morgan fingerprint density at radius 1 is 1.26 bits per heavy atom. The monoisotopic (exact) mass is 263 g/mol. The first kappa shape index (κ1) is 15.5. The highest BCUT2D eigenvalue weighted by Crippen LogP contribution is 2.13. The van der Waals surface area contributed by atoms with E-state index in [-0.39, 0.29) is 5.84 Å². The van der Waals surface area contributed by atoms with Crippen molar-refractivity contribution >= 4 is 5.84 Å². The molecule has 0 bridgehead atoms. The highest BCUT2D eigenvalue weighted by Gasteiger charge is 2.11. The molecule has 1 unspecified atom stereocenters. The van der Waals surface area contributed by atoms with Crippen molar-refractivity contribution < 1.29 is 5.21 Å². The van der Waals surface area contributed by atoms with Crippen molar-refractivity contribution in [3.05, 3.63) is 35.4 Å². The summed E-state index contributed by atoms with van der Waals surface area (Å²) in [5, 5.41) is 11.6. The molecule has 0 aromatic heterocycles. The van der Waals surface area contributed by atoms with Crippen LogP contribution in [0.1, 0.15) is 38.3 Å². The fourth-order valence-electron chi connectivity index (χ4n) is 2.14. The van der Waals surface area contributed by atoms with Gasteiger partial charge in [0, 0.05) is 18.2 Å². The minimum atomic E-state index is 0.146. The van der Waals surface area contributed by atoms with E-state index >= 15 is 0 Å². The molecule has 0 amide bonds. The third kappa shape index (κ3) is 4.91. The molecule has 19 heavy (non-hydrogen) atoms. The summed E-state index contributed by atoms with van der Waals surface area (Å²) < 4.78 is 0. The van der Waals surface area contributed by atoms with Gasteiger partial charge in [0.25, 0.3) is 0 Å². The van der Waals surface area contributed by atoms with Crippen LogP contribution in [0, 0.1) is 5.92 Å². The smallest absolute Gasteiger partial charge is 0.170 e. The summed E-state index contributed by atoms with van der Waals surface area (Å²) in [6, 6.07) is 8.36. The van der Waals surface area contributed by atoms with Gasteiger partial charge in [0.1, 0.15) is 0 Å². The summed E-state index contributed by atoms with van der Waals surface area (Å²) >= 11 is 0. The fourth-order valence-corrected chi connectivity index (χ4v) is 2.14. The lowest BCUT2D eigenvalue weighted by Gasteiger charge is -2.26. The standard InChI is InChI=1S/C15H25N3O/c1-11(2)9-12(3)18(4)10-13-5-7-14(8-6-13)15(16)17-19/h5-8,11-12,19H,9-10H2,1-4H3,(H2,16,17). The van der Waals surface area contributed by atoms with Crippen molar-refractivity contribution in [2.24, 2.45) is 16.8 Å². The molecule has 1 rings (SSSR count). The Hall–Kier alpha value is -1.55. The zero-order valence-corrected chi connectivity index (χ0v) is 12.3. The van der Waals surface area contributed by atoms with Gasteiger partial charge >= 0.3 is 0 Å². The maximum atomic E-state index is 8.61. The van der Waals surface area contributed by atoms with Crippen LogP contribution >= 0.6 is 0 Å².